The third kappa shape index (κ3) is 2.44. The second kappa shape index (κ2) is 3.99. The summed E-state index contributed by atoms with van der Waals surface area (Å²) in [5.41, 5.74) is 2.46. The number of nitrogens with zero attached hydrogens (tertiary/aromatic N) is 3. The van der Waals surface area contributed by atoms with Crippen LogP contribution in [0.25, 0.3) is 0 Å². The van der Waals surface area contributed by atoms with E-state index in [4.69, 9.17) is 16.8 Å². The number of aliphatic imine (C=N–C) groups is 1. The number of rotatable bonds is 2. The standard InChI is InChI=1S/C6H7ClN4O/c1-4-2-5(7)11-6(10-4)8-3-9-12/h2-3,12H,1H3,(H,8,9,10,11). The van der Waals surface area contributed by atoms with E-state index < -0.39 is 0 Å². The van der Waals surface area contributed by atoms with Gasteiger partial charge in [-0.2, -0.15) is 9.98 Å². The first kappa shape index (κ1) is 8.89. The van der Waals surface area contributed by atoms with Crippen LogP contribution in [0.4, 0.5) is 5.95 Å². The van der Waals surface area contributed by atoms with Crippen LogP contribution in [0.15, 0.2) is 11.1 Å². The van der Waals surface area contributed by atoms with E-state index in [1.165, 1.54) is 0 Å². The zero-order chi connectivity index (χ0) is 8.97. The molecule has 0 radical (unpaired) electrons. The summed E-state index contributed by atoms with van der Waals surface area (Å²) in [4.78, 5) is 11.4. The molecule has 12 heavy (non-hydrogen) atoms. The van der Waals surface area contributed by atoms with Crippen molar-refractivity contribution in [2.24, 2.45) is 4.99 Å². The van der Waals surface area contributed by atoms with Gasteiger partial charge in [0.1, 0.15) is 11.5 Å². The first-order valence-electron chi connectivity index (χ1n) is 3.15. The molecule has 0 aliphatic carbocycles. The van der Waals surface area contributed by atoms with Crippen LogP contribution < -0.4 is 5.48 Å². The van der Waals surface area contributed by atoms with Crippen molar-refractivity contribution in [2.75, 3.05) is 0 Å². The monoisotopic (exact) mass is 186 g/mol. The van der Waals surface area contributed by atoms with Crippen LogP contribution in [0.5, 0.6) is 0 Å². The third-order valence-corrected chi connectivity index (χ3v) is 1.24. The van der Waals surface area contributed by atoms with Crippen LogP contribution in [-0.4, -0.2) is 21.5 Å². The Hall–Kier alpha value is -1.20. The molecule has 0 aromatic carbocycles. The number of hydroxylamine groups is 1. The van der Waals surface area contributed by atoms with E-state index in [1.807, 2.05) is 0 Å². The van der Waals surface area contributed by atoms with Crippen LogP contribution in [0.3, 0.4) is 0 Å². The zero-order valence-corrected chi connectivity index (χ0v) is 7.08. The second-order valence-electron chi connectivity index (χ2n) is 2.02. The Morgan fingerprint density at radius 3 is 3.00 bits per heavy atom. The topological polar surface area (TPSA) is 70.4 Å². The van der Waals surface area contributed by atoms with Gasteiger partial charge in [-0.1, -0.05) is 11.6 Å². The summed E-state index contributed by atoms with van der Waals surface area (Å²) in [5, 5.41) is 8.50. The molecular formula is C6H7ClN4O. The number of halogens is 1. The van der Waals surface area contributed by atoms with Crippen LogP contribution in [0.1, 0.15) is 5.69 Å². The summed E-state index contributed by atoms with van der Waals surface area (Å²) in [6.07, 6.45) is 1.06. The molecule has 0 bridgehead atoms. The molecule has 0 spiro atoms. The Bertz CT molecular complexity index is 281. The van der Waals surface area contributed by atoms with Gasteiger partial charge >= 0.3 is 0 Å². The van der Waals surface area contributed by atoms with Gasteiger partial charge in [0.25, 0.3) is 5.95 Å². The van der Waals surface area contributed by atoms with Gasteiger partial charge in [-0.25, -0.2) is 4.98 Å². The molecule has 0 fully saturated rings. The van der Waals surface area contributed by atoms with Gasteiger partial charge in [-0.3, -0.25) is 10.7 Å². The molecule has 5 nitrogen and oxygen atoms in total. The van der Waals surface area contributed by atoms with Crippen molar-refractivity contribution < 1.29 is 5.21 Å². The smallest absolute Gasteiger partial charge is 0.252 e. The minimum absolute atomic E-state index is 0.210. The average molecular weight is 187 g/mol. The highest BCUT2D eigenvalue weighted by Gasteiger charge is 1.96. The van der Waals surface area contributed by atoms with Crippen molar-refractivity contribution >= 4 is 23.9 Å². The minimum atomic E-state index is 0.210. The fourth-order valence-corrected chi connectivity index (χ4v) is 0.893. The van der Waals surface area contributed by atoms with Gasteiger partial charge in [0.15, 0.2) is 0 Å². The molecule has 1 rings (SSSR count). The van der Waals surface area contributed by atoms with E-state index in [-0.39, 0.29) is 5.95 Å². The Morgan fingerprint density at radius 1 is 1.67 bits per heavy atom. The first-order valence-corrected chi connectivity index (χ1v) is 3.53. The molecule has 0 saturated heterocycles. The fourth-order valence-electron chi connectivity index (χ4n) is 0.660. The maximum Gasteiger partial charge on any atom is 0.252 e. The minimum Gasteiger partial charge on any atom is -0.290 e. The maximum atomic E-state index is 8.18. The quantitative estimate of drug-likeness (QED) is 0.314. The molecule has 1 aromatic rings. The van der Waals surface area contributed by atoms with Gasteiger partial charge in [0.05, 0.1) is 0 Å². The highest BCUT2D eigenvalue weighted by molar-refractivity contribution is 6.29. The predicted octanol–water partition coefficient (Wildman–Crippen LogP) is 1.08. The van der Waals surface area contributed by atoms with Crippen LogP contribution in [0.2, 0.25) is 5.15 Å². The van der Waals surface area contributed by atoms with Gasteiger partial charge in [0.2, 0.25) is 0 Å². The Morgan fingerprint density at radius 2 is 2.42 bits per heavy atom. The molecule has 0 atom stereocenters. The van der Waals surface area contributed by atoms with Crippen LogP contribution in [0, 0.1) is 6.92 Å². The number of aryl methyl sites for hydroxylation is 1. The lowest BCUT2D eigenvalue weighted by Gasteiger charge is -1.95. The van der Waals surface area contributed by atoms with Crippen molar-refractivity contribution in [3.05, 3.63) is 16.9 Å². The van der Waals surface area contributed by atoms with Crippen molar-refractivity contribution in [3.63, 3.8) is 0 Å². The Kier molecular flexibility index (Phi) is 2.95. The normalized spacial score (nSPS) is 10.6. The molecule has 0 aliphatic heterocycles. The van der Waals surface area contributed by atoms with Gasteiger partial charge in [0, 0.05) is 5.69 Å². The van der Waals surface area contributed by atoms with E-state index in [9.17, 15) is 0 Å². The molecule has 0 saturated carbocycles. The molecule has 1 aromatic heterocycles. The van der Waals surface area contributed by atoms with Crippen molar-refractivity contribution in [1.29, 1.82) is 0 Å². The molecular weight excluding hydrogens is 180 g/mol. The molecule has 1 heterocycles. The fraction of sp³-hybridized carbons (Fsp3) is 0.167. The Balaban J connectivity index is 2.93. The van der Waals surface area contributed by atoms with E-state index in [1.54, 1.807) is 18.5 Å². The predicted molar refractivity (Wildman–Crippen MR) is 44.9 cm³/mol. The molecule has 0 amide bonds. The second-order valence-corrected chi connectivity index (χ2v) is 2.41. The van der Waals surface area contributed by atoms with E-state index >= 15 is 0 Å². The molecule has 2 N–H and O–H groups in total. The van der Waals surface area contributed by atoms with Crippen molar-refractivity contribution in [3.8, 4) is 0 Å². The summed E-state index contributed by atoms with van der Waals surface area (Å²) in [7, 11) is 0. The summed E-state index contributed by atoms with van der Waals surface area (Å²) in [5.74, 6) is 0.210. The zero-order valence-electron chi connectivity index (χ0n) is 6.32. The van der Waals surface area contributed by atoms with E-state index in [0.29, 0.717) is 5.15 Å². The summed E-state index contributed by atoms with van der Waals surface area (Å²) < 4.78 is 0. The SMILES string of the molecule is Cc1cc(Cl)nc(/N=C/NO)n1. The van der Waals surface area contributed by atoms with Crippen molar-refractivity contribution in [1.82, 2.24) is 15.4 Å². The number of hydrogen-bond acceptors (Lipinski definition) is 4. The summed E-state index contributed by atoms with van der Waals surface area (Å²) >= 11 is 5.62. The highest BCUT2D eigenvalue weighted by Crippen LogP contribution is 2.10. The number of hydrogen-bond donors (Lipinski definition) is 2. The molecule has 6 heteroatoms. The lowest BCUT2D eigenvalue weighted by atomic mass is 10.5. The van der Waals surface area contributed by atoms with E-state index in [2.05, 4.69) is 15.0 Å². The molecule has 0 aliphatic rings. The average Bonchev–Trinajstić information content (AvgIpc) is 1.99. The summed E-state index contributed by atoms with van der Waals surface area (Å²) in [6.45, 7) is 1.78. The highest BCUT2D eigenvalue weighted by atomic mass is 35.5. The Labute approximate surface area is 74.1 Å². The van der Waals surface area contributed by atoms with E-state index in [0.717, 1.165) is 12.0 Å². The first-order chi connectivity index (χ1) is 5.72. The van der Waals surface area contributed by atoms with Crippen LogP contribution >= 0.6 is 11.6 Å². The lowest BCUT2D eigenvalue weighted by Crippen LogP contribution is -2.01. The number of aromatic nitrogens is 2. The van der Waals surface area contributed by atoms with Gasteiger partial charge in [-0.15, -0.1) is 0 Å². The van der Waals surface area contributed by atoms with Crippen LogP contribution in [-0.2, 0) is 0 Å². The van der Waals surface area contributed by atoms with Gasteiger partial charge < -0.3 is 0 Å². The third-order valence-electron chi connectivity index (χ3n) is 1.05. The van der Waals surface area contributed by atoms with Gasteiger partial charge in [-0.05, 0) is 13.0 Å². The molecule has 0 unspecified atom stereocenters. The molecule has 64 valence electrons. The summed E-state index contributed by atoms with van der Waals surface area (Å²) in [6, 6.07) is 1.62. The maximum absolute atomic E-state index is 8.18. The number of nitrogens with one attached hydrogen (secondary N) is 1. The van der Waals surface area contributed by atoms with Crippen molar-refractivity contribution in [2.45, 2.75) is 6.92 Å². The lowest BCUT2D eigenvalue weighted by molar-refractivity contribution is 0.240. The largest absolute Gasteiger partial charge is 0.290 e.